The Hall–Kier alpha value is -5.06. The third-order valence-electron chi connectivity index (χ3n) is 8.00. The van der Waals surface area contributed by atoms with Crippen LogP contribution in [0, 0.1) is 32.4 Å². The summed E-state index contributed by atoms with van der Waals surface area (Å²) in [5.41, 5.74) is -0.578. The first-order chi connectivity index (χ1) is 23.7. The normalized spacial score (nSPS) is 16.1. The van der Waals surface area contributed by atoms with Gasteiger partial charge in [-0.15, -0.1) is 0 Å². The van der Waals surface area contributed by atoms with Gasteiger partial charge in [0.25, 0.3) is 5.56 Å². The maximum atomic E-state index is 13.5. The Balaban J connectivity index is 0.000000235. The van der Waals surface area contributed by atoms with Crippen molar-refractivity contribution < 1.29 is 54.6 Å². The minimum atomic E-state index is -4.63. The fraction of sp³-hybridized carbons (Fsp3) is 0.353. The van der Waals surface area contributed by atoms with E-state index in [0.717, 1.165) is 34.0 Å². The van der Waals surface area contributed by atoms with Crippen molar-refractivity contribution in [3.05, 3.63) is 93.0 Å². The molecule has 9 nitrogen and oxygen atoms in total. The lowest BCUT2D eigenvalue weighted by atomic mass is 9.95. The topological polar surface area (TPSA) is 114 Å². The van der Waals surface area contributed by atoms with Crippen LogP contribution in [0.3, 0.4) is 0 Å². The molecule has 0 bridgehead atoms. The van der Waals surface area contributed by atoms with Crippen LogP contribution in [0.4, 0.5) is 40.8 Å². The third-order valence-corrected chi connectivity index (χ3v) is 8.00. The number of benzene rings is 2. The lowest BCUT2D eigenvalue weighted by molar-refractivity contribution is -0.183. The molecule has 1 aliphatic rings. The number of carboxylic acids is 1. The molecule has 2 N–H and O–H groups in total. The van der Waals surface area contributed by atoms with Crippen molar-refractivity contribution in [1.29, 1.82) is 0 Å². The molecular weight excluding hydrogens is 696 g/mol. The van der Waals surface area contributed by atoms with Crippen LogP contribution in [-0.4, -0.2) is 65.1 Å². The number of carbonyl (C=O) groups excluding carboxylic acids is 1. The molecule has 4 aromatic rings. The van der Waals surface area contributed by atoms with Gasteiger partial charge in [0.2, 0.25) is 6.41 Å². The highest BCUT2D eigenvalue weighted by Gasteiger charge is 2.49. The van der Waals surface area contributed by atoms with Crippen LogP contribution in [-0.2, 0) is 27.5 Å². The van der Waals surface area contributed by atoms with Gasteiger partial charge in [0.15, 0.2) is 6.04 Å². The Morgan fingerprint density at radius 2 is 1.69 bits per heavy atom. The number of pyridine rings is 2. The number of anilines is 1. The van der Waals surface area contributed by atoms with Crippen LogP contribution in [0.1, 0.15) is 29.3 Å². The van der Waals surface area contributed by atoms with Crippen LogP contribution in [0.15, 0.2) is 53.5 Å². The highest BCUT2D eigenvalue weighted by Crippen LogP contribution is 2.38. The fourth-order valence-electron chi connectivity index (χ4n) is 5.30. The second-order valence-corrected chi connectivity index (χ2v) is 11.4. The zero-order valence-corrected chi connectivity index (χ0v) is 27.9. The van der Waals surface area contributed by atoms with Gasteiger partial charge in [-0.25, -0.2) is 8.78 Å². The number of rotatable bonds is 5. The van der Waals surface area contributed by atoms with Crippen molar-refractivity contribution in [2.24, 2.45) is 7.05 Å². The van der Waals surface area contributed by atoms with Gasteiger partial charge in [-0.3, -0.25) is 19.4 Å². The summed E-state index contributed by atoms with van der Waals surface area (Å²) in [5, 5.41) is 10.5. The number of nitrogens with one attached hydrogen (secondary N) is 1. The molecule has 2 unspecified atom stereocenters. The second-order valence-electron chi connectivity index (χ2n) is 11.4. The van der Waals surface area contributed by atoms with Crippen LogP contribution >= 0.6 is 0 Å². The fourth-order valence-corrected chi connectivity index (χ4v) is 5.30. The molecule has 1 amide bonds. The highest BCUT2D eigenvalue weighted by atomic mass is 19.4. The Morgan fingerprint density at radius 3 is 2.22 bits per heavy atom. The Bertz CT molecular complexity index is 1920. The highest BCUT2D eigenvalue weighted by molar-refractivity contribution is 5.96. The molecule has 0 radical (unpaired) electrons. The summed E-state index contributed by atoms with van der Waals surface area (Å²) < 4.78 is 113. The van der Waals surface area contributed by atoms with Crippen LogP contribution in [0.2, 0.25) is 0 Å². The zero-order valence-electron chi connectivity index (χ0n) is 27.9. The number of carboxylic acid groups (broad SMARTS) is 1. The first-order valence-corrected chi connectivity index (χ1v) is 15.1. The van der Waals surface area contributed by atoms with Gasteiger partial charge in [-0.2, -0.15) is 26.3 Å². The quantitative estimate of drug-likeness (QED) is 0.179. The number of amides is 1. The van der Waals surface area contributed by atoms with E-state index in [-0.39, 0.29) is 47.8 Å². The van der Waals surface area contributed by atoms with Crippen molar-refractivity contribution in [3.8, 4) is 11.1 Å². The molecule has 51 heavy (non-hydrogen) atoms. The molecule has 2 aromatic heterocycles. The predicted molar refractivity (Wildman–Crippen MR) is 172 cm³/mol. The van der Waals surface area contributed by atoms with E-state index in [1.54, 1.807) is 18.2 Å². The van der Waals surface area contributed by atoms with Gasteiger partial charge in [0.05, 0.1) is 29.4 Å². The number of halogens is 8. The van der Waals surface area contributed by atoms with Crippen molar-refractivity contribution in [2.75, 3.05) is 24.6 Å². The molecule has 2 aromatic carbocycles. The number of ether oxygens (including phenoxy) is 1. The van der Waals surface area contributed by atoms with E-state index in [1.807, 2.05) is 12.2 Å². The lowest BCUT2D eigenvalue weighted by Crippen LogP contribution is -2.57. The SMILES string of the molecule is Cc1c(F)cc(N2CCOC(C)C2C(F)(F)F)cc1F.Cc1ccc(-c2c(C(F)(F)F)cc(C)n(C)c2=O)c2ncccc12.O=CNCC(=O)O. The molecule has 17 heteroatoms. The maximum absolute atomic E-state index is 13.5. The van der Waals surface area contributed by atoms with Gasteiger partial charge in [-0.05, 0) is 57.5 Å². The molecule has 5 rings (SSSR count). The summed E-state index contributed by atoms with van der Waals surface area (Å²) in [5.74, 6) is -2.76. The molecular formula is C34H34F8N4O5. The number of alkyl halides is 6. The standard InChI is InChI=1S/C18H15F3N2O.C13H14F5NO.C3H5NO3/c1-10-6-7-13(16-12(10)5-4-8-22-16)15-14(18(19,20)21)9-11(2)23(3)17(15)24;1-7-10(14)5-9(6-11(7)15)19-3-4-20-8(2)12(19)13(16,17)18;5-2-4-1-3(6)7/h4-9H,1-3H3;5-6,8,12H,3-4H2,1-2H3;2H,1H2,(H,4,5)(H,6,7). The zero-order chi connectivity index (χ0) is 38.4. The summed E-state index contributed by atoms with van der Waals surface area (Å²) in [6, 6.07) is 7.68. The van der Waals surface area contributed by atoms with E-state index in [0.29, 0.717) is 11.9 Å². The van der Waals surface area contributed by atoms with Crippen molar-refractivity contribution in [1.82, 2.24) is 14.9 Å². The van der Waals surface area contributed by atoms with E-state index in [4.69, 9.17) is 9.84 Å². The van der Waals surface area contributed by atoms with E-state index >= 15 is 0 Å². The molecule has 3 heterocycles. The summed E-state index contributed by atoms with van der Waals surface area (Å²) >= 11 is 0. The van der Waals surface area contributed by atoms with E-state index in [9.17, 15) is 49.5 Å². The number of carbonyl (C=O) groups is 2. The lowest BCUT2D eigenvalue weighted by Gasteiger charge is -2.42. The molecule has 2 atom stereocenters. The average Bonchev–Trinajstić information content (AvgIpc) is 3.05. The number of aryl methyl sites for hydroxylation is 2. The minimum Gasteiger partial charge on any atom is -0.480 e. The Kier molecular flexibility index (Phi) is 12.9. The molecule has 0 saturated carbocycles. The second kappa shape index (κ2) is 16.3. The van der Waals surface area contributed by atoms with Gasteiger partial charge >= 0.3 is 18.3 Å². The predicted octanol–water partition coefficient (Wildman–Crippen LogP) is 6.48. The number of fused-ring (bicyclic) bond motifs is 1. The number of hydrogen-bond donors (Lipinski definition) is 2. The van der Waals surface area contributed by atoms with Gasteiger partial charge in [0.1, 0.15) is 18.2 Å². The Labute approximate surface area is 286 Å². The number of aromatic nitrogens is 2. The number of morpholine rings is 1. The van der Waals surface area contributed by atoms with Crippen LogP contribution in [0.5, 0.6) is 0 Å². The van der Waals surface area contributed by atoms with Crippen LogP contribution < -0.4 is 15.8 Å². The van der Waals surface area contributed by atoms with E-state index in [1.165, 1.54) is 44.6 Å². The molecule has 1 saturated heterocycles. The molecule has 1 fully saturated rings. The molecule has 276 valence electrons. The smallest absolute Gasteiger partial charge is 0.417 e. The largest absolute Gasteiger partial charge is 0.480 e. The van der Waals surface area contributed by atoms with Crippen LogP contribution in [0.25, 0.3) is 22.0 Å². The maximum Gasteiger partial charge on any atom is 0.417 e. The first kappa shape index (κ1) is 40.4. The minimum absolute atomic E-state index is 0.0730. The number of hydrogen-bond acceptors (Lipinski definition) is 6. The van der Waals surface area contributed by atoms with E-state index in [2.05, 4.69) is 4.98 Å². The number of nitrogens with zero attached hydrogens (tertiary/aromatic N) is 3. The summed E-state index contributed by atoms with van der Waals surface area (Å²) in [4.78, 5) is 36.7. The number of aliphatic carboxylic acids is 1. The Morgan fingerprint density at radius 1 is 1.06 bits per heavy atom. The van der Waals surface area contributed by atoms with Crippen molar-refractivity contribution >= 4 is 29.0 Å². The van der Waals surface area contributed by atoms with Crippen molar-refractivity contribution in [3.63, 3.8) is 0 Å². The third kappa shape index (κ3) is 9.59. The van der Waals surface area contributed by atoms with Crippen molar-refractivity contribution in [2.45, 2.75) is 52.2 Å². The van der Waals surface area contributed by atoms with Gasteiger partial charge < -0.3 is 24.6 Å². The van der Waals surface area contributed by atoms with Gasteiger partial charge in [-0.1, -0.05) is 18.2 Å². The van der Waals surface area contributed by atoms with Gasteiger partial charge in [0, 0.05) is 47.7 Å². The molecule has 0 spiro atoms. The van der Waals surface area contributed by atoms with E-state index < -0.39 is 53.2 Å². The summed E-state index contributed by atoms with van der Waals surface area (Å²) in [6.45, 7) is 5.56. The molecule has 1 aliphatic heterocycles. The molecule has 0 aliphatic carbocycles. The first-order valence-electron chi connectivity index (χ1n) is 15.1. The average molecular weight is 731 g/mol. The summed E-state index contributed by atoms with van der Waals surface area (Å²) in [6.07, 6.45) is -8.42. The monoisotopic (exact) mass is 730 g/mol. The summed E-state index contributed by atoms with van der Waals surface area (Å²) in [7, 11) is 1.46.